The highest BCUT2D eigenvalue weighted by Crippen LogP contribution is 2.36. The van der Waals surface area contributed by atoms with Crippen LogP contribution in [0.3, 0.4) is 0 Å². The maximum absolute atomic E-state index is 13.0. The van der Waals surface area contributed by atoms with Crippen LogP contribution < -0.4 is 4.90 Å². The Kier molecular flexibility index (Phi) is 7.09. The summed E-state index contributed by atoms with van der Waals surface area (Å²) in [6.07, 6.45) is 0. The number of hydrogen-bond acceptors (Lipinski definition) is 8. The van der Waals surface area contributed by atoms with Gasteiger partial charge in [-0.25, -0.2) is 18.4 Å². The zero-order valence-electron chi connectivity index (χ0n) is 18.8. The highest BCUT2D eigenvalue weighted by Gasteiger charge is 2.31. The van der Waals surface area contributed by atoms with Crippen molar-refractivity contribution >= 4 is 60.3 Å². The molecular weight excluding hydrogens is 486 g/mol. The number of aromatic nitrogens is 2. The molecule has 0 atom stereocenters. The van der Waals surface area contributed by atoms with Crippen LogP contribution in [-0.4, -0.2) is 66.9 Å². The molecule has 3 aromatic rings. The predicted molar refractivity (Wildman–Crippen MR) is 134 cm³/mol. The Morgan fingerprint density at radius 2 is 1.75 bits per heavy atom. The van der Waals surface area contributed by atoms with E-state index in [1.54, 1.807) is 27.8 Å². The number of nitrogens with zero attached hydrogens (tertiary/aromatic N) is 5. The average molecular weight is 514 g/mol. The zero-order valence-corrected chi connectivity index (χ0v) is 22.0. The van der Waals surface area contributed by atoms with Gasteiger partial charge in [-0.1, -0.05) is 25.4 Å². The molecule has 0 unspecified atom stereocenters. The third-order valence-electron chi connectivity index (χ3n) is 6.00. The summed E-state index contributed by atoms with van der Waals surface area (Å²) in [7, 11) is -3.52. The molecule has 1 aliphatic heterocycles. The molecule has 0 radical (unpaired) electrons. The molecule has 0 amide bonds. The SMILES string of the molecule is CCN(CC)Cc1nc(N2CCN(S(=O)(=O)c3ccc(Cl)s3)CC2)c2c(C)c(C)sc2n1. The fraction of sp³-hybridized carbons (Fsp3) is 0.524. The van der Waals surface area contributed by atoms with Gasteiger partial charge in [-0.3, -0.25) is 4.90 Å². The Morgan fingerprint density at radius 1 is 1.06 bits per heavy atom. The first-order valence-corrected chi connectivity index (χ1v) is 14.2. The van der Waals surface area contributed by atoms with E-state index < -0.39 is 10.0 Å². The molecule has 7 nitrogen and oxygen atoms in total. The minimum absolute atomic E-state index is 0.297. The molecule has 0 N–H and O–H groups in total. The molecule has 0 saturated carbocycles. The molecule has 1 saturated heterocycles. The summed E-state index contributed by atoms with van der Waals surface area (Å²) < 4.78 is 28.3. The summed E-state index contributed by atoms with van der Waals surface area (Å²) in [6.45, 7) is 13.1. The molecule has 0 aromatic carbocycles. The van der Waals surface area contributed by atoms with Crippen LogP contribution in [0.1, 0.15) is 30.1 Å². The van der Waals surface area contributed by atoms with E-state index in [-0.39, 0.29) is 0 Å². The van der Waals surface area contributed by atoms with Crippen molar-refractivity contribution in [3.8, 4) is 0 Å². The van der Waals surface area contributed by atoms with Crippen LogP contribution in [0.5, 0.6) is 0 Å². The van der Waals surface area contributed by atoms with E-state index in [2.05, 4.69) is 37.5 Å². The number of thiophene rings is 2. The van der Waals surface area contributed by atoms with Crippen molar-refractivity contribution in [2.24, 2.45) is 0 Å². The van der Waals surface area contributed by atoms with Gasteiger partial charge in [-0.15, -0.1) is 22.7 Å². The minimum atomic E-state index is -3.52. The van der Waals surface area contributed by atoms with Crippen molar-refractivity contribution in [1.29, 1.82) is 0 Å². The van der Waals surface area contributed by atoms with Gasteiger partial charge in [-0.2, -0.15) is 4.31 Å². The number of halogens is 1. The van der Waals surface area contributed by atoms with Crippen LogP contribution in [0.15, 0.2) is 16.3 Å². The molecular formula is C21H28ClN5O2S3. The molecule has 1 aliphatic rings. The normalized spacial score (nSPS) is 15.9. The van der Waals surface area contributed by atoms with E-state index in [0.29, 0.717) is 41.3 Å². The largest absolute Gasteiger partial charge is 0.353 e. The van der Waals surface area contributed by atoms with Crippen molar-refractivity contribution in [3.63, 3.8) is 0 Å². The lowest BCUT2D eigenvalue weighted by molar-refractivity contribution is 0.288. The highest BCUT2D eigenvalue weighted by molar-refractivity contribution is 7.91. The second-order valence-corrected chi connectivity index (χ2v) is 12.9. The van der Waals surface area contributed by atoms with Crippen LogP contribution in [0.25, 0.3) is 10.2 Å². The van der Waals surface area contributed by atoms with Gasteiger partial charge < -0.3 is 4.90 Å². The summed E-state index contributed by atoms with van der Waals surface area (Å²) in [6, 6.07) is 3.21. The quantitative estimate of drug-likeness (QED) is 0.467. The lowest BCUT2D eigenvalue weighted by Crippen LogP contribution is -2.49. The van der Waals surface area contributed by atoms with Gasteiger partial charge in [0.15, 0.2) is 0 Å². The van der Waals surface area contributed by atoms with Gasteiger partial charge in [-0.05, 0) is 44.6 Å². The van der Waals surface area contributed by atoms with Gasteiger partial charge in [0.2, 0.25) is 0 Å². The summed E-state index contributed by atoms with van der Waals surface area (Å²) in [5.74, 6) is 1.75. The van der Waals surface area contributed by atoms with Crippen LogP contribution >= 0.6 is 34.3 Å². The molecule has 0 aliphatic carbocycles. The van der Waals surface area contributed by atoms with Crippen molar-refractivity contribution in [1.82, 2.24) is 19.2 Å². The van der Waals surface area contributed by atoms with E-state index in [1.807, 2.05) is 0 Å². The number of hydrogen-bond donors (Lipinski definition) is 0. The first-order valence-electron chi connectivity index (χ1n) is 10.7. The summed E-state index contributed by atoms with van der Waals surface area (Å²) in [4.78, 5) is 16.6. The molecule has 174 valence electrons. The summed E-state index contributed by atoms with van der Waals surface area (Å²) in [5.41, 5.74) is 1.21. The number of anilines is 1. The Bertz CT molecular complexity index is 1210. The van der Waals surface area contributed by atoms with E-state index in [9.17, 15) is 8.42 Å². The molecule has 3 aromatic heterocycles. The fourth-order valence-corrected chi connectivity index (χ4v) is 8.02. The Labute approximate surface area is 202 Å². The van der Waals surface area contributed by atoms with E-state index in [1.165, 1.54) is 10.4 Å². The van der Waals surface area contributed by atoms with Crippen LogP contribution in [-0.2, 0) is 16.6 Å². The molecule has 11 heteroatoms. The minimum Gasteiger partial charge on any atom is -0.353 e. The average Bonchev–Trinajstić information content (AvgIpc) is 3.35. The van der Waals surface area contributed by atoms with Crippen LogP contribution in [0.4, 0.5) is 5.82 Å². The third kappa shape index (κ3) is 4.53. The fourth-order valence-electron chi connectivity index (χ4n) is 3.92. The van der Waals surface area contributed by atoms with E-state index in [4.69, 9.17) is 21.6 Å². The zero-order chi connectivity index (χ0) is 23.0. The lowest BCUT2D eigenvalue weighted by atomic mass is 10.2. The van der Waals surface area contributed by atoms with Gasteiger partial charge in [0, 0.05) is 31.1 Å². The maximum Gasteiger partial charge on any atom is 0.252 e. The third-order valence-corrected chi connectivity index (χ3v) is 10.7. The number of piperazine rings is 1. The van der Waals surface area contributed by atoms with E-state index in [0.717, 1.165) is 46.3 Å². The molecule has 4 rings (SSSR count). The highest BCUT2D eigenvalue weighted by atomic mass is 35.5. The number of fused-ring (bicyclic) bond motifs is 1. The molecule has 4 heterocycles. The Morgan fingerprint density at radius 3 is 2.34 bits per heavy atom. The van der Waals surface area contributed by atoms with Gasteiger partial charge >= 0.3 is 0 Å². The van der Waals surface area contributed by atoms with Crippen molar-refractivity contribution in [2.45, 2.75) is 38.4 Å². The Hall–Kier alpha value is -1.30. The smallest absolute Gasteiger partial charge is 0.252 e. The molecule has 32 heavy (non-hydrogen) atoms. The molecule has 0 bridgehead atoms. The number of rotatable bonds is 7. The topological polar surface area (TPSA) is 69.6 Å². The second-order valence-electron chi connectivity index (χ2n) is 7.84. The standard InChI is InChI=1S/C21H28ClN5O2S3/c1-5-25(6-2)13-17-23-20(19-14(3)15(4)30-21(19)24-17)26-9-11-27(12-10-26)32(28,29)18-8-7-16(22)31-18/h7-8H,5-6,9-13H2,1-4H3. The second kappa shape index (κ2) is 9.52. The lowest BCUT2D eigenvalue weighted by Gasteiger charge is -2.35. The van der Waals surface area contributed by atoms with Gasteiger partial charge in [0.05, 0.1) is 16.3 Å². The number of aryl methyl sites for hydroxylation is 2. The van der Waals surface area contributed by atoms with Gasteiger partial charge in [0.25, 0.3) is 10.0 Å². The number of sulfonamides is 1. The summed E-state index contributed by atoms with van der Waals surface area (Å²) >= 11 is 8.77. The predicted octanol–water partition coefficient (Wildman–Crippen LogP) is 4.38. The molecule has 0 spiro atoms. The van der Waals surface area contributed by atoms with Crippen LogP contribution in [0.2, 0.25) is 4.34 Å². The Balaban J connectivity index is 1.62. The first-order chi connectivity index (χ1) is 15.2. The van der Waals surface area contributed by atoms with Crippen molar-refractivity contribution < 1.29 is 8.42 Å². The van der Waals surface area contributed by atoms with E-state index >= 15 is 0 Å². The maximum atomic E-state index is 13.0. The monoisotopic (exact) mass is 513 g/mol. The van der Waals surface area contributed by atoms with Crippen molar-refractivity contribution in [2.75, 3.05) is 44.2 Å². The molecule has 1 fully saturated rings. The summed E-state index contributed by atoms with van der Waals surface area (Å²) in [5, 5.41) is 1.09. The van der Waals surface area contributed by atoms with Crippen molar-refractivity contribution in [3.05, 3.63) is 32.7 Å². The van der Waals surface area contributed by atoms with Gasteiger partial charge in [0.1, 0.15) is 20.7 Å². The first kappa shape index (κ1) is 23.8. The van der Waals surface area contributed by atoms with Crippen LogP contribution in [0, 0.1) is 13.8 Å².